The number of sulfone groups is 1. The van der Waals surface area contributed by atoms with E-state index in [0.29, 0.717) is 12.1 Å². The average Bonchev–Trinajstić information content (AvgIpc) is 2.88. The molecule has 5 nitrogen and oxygen atoms in total. The summed E-state index contributed by atoms with van der Waals surface area (Å²) in [7, 11) is -7.07. The van der Waals surface area contributed by atoms with Crippen LogP contribution in [0.5, 0.6) is 0 Å². The second kappa shape index (κ2) is 6.50. The molecule has 3 rings (SSSR count). The number of benzene rings is 2. The highest BCUT2D eigenvalue weighted by atomic mass is 79.9. The van der Waals surface area contributed by atoms with Gasteiger partial charge in [-0.25, -0.2) is 16.8 Å². The maximum absolute atomic E-state index is 13.2. The standard InChI is InChI=1S/C16H16BrNO4S2/c17-13-6-8-16(9-7-13)24(21,22)18(14-4-2-1-3-5-14)15-10-11-23(19,20)12-15/h1-9,15H,10-12H2/t15-/m0/s1. The number of hydrogen-bond acceptors (Lipinski definition) is 4. The van der Waals surface area contributed by atoms with Crippen LogP contribution in [0.1, 0.15) is 6.42 Å². The van der Waals surface area contributed by atoms with E-state index in [2.05, 4.69) is 15.9 Å². The van der Waals surface area contributed by atoms with Crippen LogP contribution in [0, 0.1) is 0 Å². The van der Waals surface area contributed by atoms with Crippen molar-refractivity contribution in [2.45, 2.75) is 17.4 Å². The summed E-state index contributed by atoms with van der Waals surface area (Å²) in [6.45, 7) is 0. The summed E-state index contributed by atoms with van der Waals surface area (Å²) < 4.78 is 52.1. The second-order valence-electron chi connectivity index (χ2n) is 5.65. The van der Waals surface area contributed by atoms with Crippen LogP contribution in [0.3, 0.4) is 0 Å². The second-order valence-corrected chi connectivity index (χ2v) is 10.6. The van der Waals surface area contributed by atoms with Gasteiger partial charge in [0, 0.05) is 4.47 Å². The summed E-state index contributed by atoms with van der Waals surface area (Å²) in [6.07, 6.45) is 0.299. The van der Waals surface area contributed by atoms with Crippen molar-refractivity contribution >= 4 is 41.5 Å². The molecule has 1 aliphatic heterocycles. The normalized spacial score (nSPS) is 20.0. The third-order valence-electron chi connectivity index (χ3n) is 3.92. The van der Waals surface area contributed by atoms with Crippen molar-refractivity contribution < 1.29 is 16.8 Å². The van der Waals surface area contributed by atoms with Crippen LogP contribution in [0.4, 0.5) is 5.69 Å². The number of sulfonamides is 1. The van der Waals surface area contributed by atoms with E-state index in [9.17, 15) is 16.8 Å². The van der Waals surface area contributed by atoms with Crippen LogP contribution in [-0.4, -0.2) is 34.4 Å². The first kappa shape index (κ1) is 17.4. The van der Waals surface area contributed by atoms with E-state index in [-0.39, 0.29) is 16.4 Å². The molecule has 2 aromatic rings. The summed E-state index contributed by atoms with van der Waals surface area (Å²) >= 11 is 3.29. The Morgan fingerprint density at radius 1 is 1.00 bits per heavy atom. The molecule has 8 heteroatoms. The third-order valence-corrected chi connectivity index (χ3v) is 8.09. The number of nitrogens with zero attached hydrogens (tertiary/aromatic N) is 1. The Morgan fingerprint density at radius 2 is 1.62 bits per heavy atom. The Morgan fingerprint density at radius 3 is 2.17 bits per heavy atom. The molecule has 0 amide bonds. The first-order valence-corrected chi connectivity index (χ1v) is 11.4. The van der Waals surface area contributed by atoms with Gasteiger partial charge in [0.05, 0.1) is 28.1 Å². The maximum Gasteiger partial charge on any atom is 0.264 e. The highest BCUT2D eigenvalue weighted by Gasteiger charge is 2.38. The number of rotatable bonds is 4. The van der Waals surface area contributed by atoms with Crippen molar-refractivity contribution in [3.63, 3.8) is 0 Å². The van der Waals surface area contributed by atoms with E-state index in [0.717, 1.165) is 4.47 Å². The van der Waals surface area contributed by atoms with E-state index in [4.69, 9.17) is 0 Å². The molecule has 1 saturated heterocycles. The molecule has 1 fully saturated rings. The molecule has 2 aromatic carbocycles. The summed E-state index contributed by atoms with van der Waals surface area (Å²) in [5, 5.41) is 0. The zero-order chi connectivity index (χ0) is 17.4. The summed E-state index contributed by atoms with van der Waals surface area (Å²) in [4.78, 5) is 0.138. The Kier molecular flexibility index (Phi) is 4.72. The molecule has 0 radical (unpaired) electrons. The van der Waals surface area contributed by atoms with Gasteiger partial charge in [-0.1, -0.05) is 34.1 Å². The monoisotopic (exact) mass is 429 g/mol. The molecule has 24 heavy (non-hydrogen) atoms. The SMILES string of the molecule is O=S1(=O)CC[C@H](N(c2ccccc2)S(=O)(=O)c2ccc(Br)cc2)C1. The topological polar surface area (TPSA) is 71.5 Å². The van der Waals surface area contributed by atoms with Crippen molar-refractivity contribution in [1.82, 2.24) is 0 Å². The van der Waals surface area contributed by atoms with Gasteiger partial charge in [-0.05, 0) is 42.8 Å². The largest absolute Gasteiger partial charge is 0.264 e. The quantitative estimate of drug-likeness (QED) is 0.748. The first-order valence-electron chi connectivity index (χ1n) is 7.35. The number of anilines is 1. The minimum absolute atomic E-state index is 0.0108. The Balaban J connectivity index is 2.09. The predicted octanol–water partition coefficient (Wildman–Crippen LogP) is 2.83. The summed E-state index contributed by atoms with van der Waals surface area (Å²) in [5.74, 6) is -0.144. The van der Waals surface area contributed by atoms with Crippen molar-refractivity contribution in [3.05, 3.63) is 59.1 Å². The molecule has 0 aliphatic carbocycles. The van der Waals surface area contributed by atoms with Crippen LogP contribution in [0.15, 0.2) is 64.0 Å². The van der Waals surface area contributed by atoms with Gasteiger partial charge in [0.1, 0.15) is 0 Å². The smallest absolute Gasteiger partial charge is 0.262 e. The number of para-hydroxylation sites is 1. The minimum Gasteiger partial charge on any atom is -0.262 e. The fraction of sp³-hybridized carbons (Fsp3) is 0.250. The van der Waals surface area contributed by atoms with Crippen LogP contribution >= 0.6 is 15.9 Å². The molecular weight excluding hydrogens is 414 g/mol. The van der Waals surface area contributed by atoms with E-state index in [1.165, 1.54) is 16.4 Å². The van der Waals surface area contributed by atoms with Gasteiger partial charge >= 0.3 is 0 Å². The average molecular weight is 430 g/mol. The van der Waals surface area contributed by atoms with E-state index in [1.807, 2.05) is 0 Å². The van der Waals surface area contributed by atoms with Crippen LogP contribution < -0.4 is 4.31 Å². The van der Waals surface area contributed by atoms with Crippen LogP contribution in [0.25, 0.3) is 0 Å². The zero-order valence-corrected chi connectivity index (χ0v) is 15.9. The molecule has 0 unspecified atom stereocenters. The minimum atomic E-state index is -3.86. The van der Waals surface area contributed by atoms with Crippen LogP contribution in [0.2, 0.25) is 0 Å². The van der Waals surface area contributed by atoms with E-state index in [1.54, 1.807) is 42.5 Å². The lowest BCUT2D eigenvalue weighted by Crippen LogP contribution is -2.41. The molecule has 0 saturated carbocycles. The fourth-order valence-corrected chi connectivity index (χ4v) is 6.54. The molecular formula is C16H16BrNO4S2. The van der Waals surface area contributed by atoms with Crippen molar-refractivity contribution in [2.24, 2.45) is 0 Å². The Labute approximate surface area is 150 Å². The predicted molar refractivity (Wildman–Crippen MR) is 97.3 cm³/mol. The molecule has 0 spiro atoms. The zero-order valence-electron chi connectivity index (χ0n) is 12.7. The van der Waals surface area contributed by atoms with E-state index >= 15 is 0 Å². The van der Waals surface area contributed by atoms with Crippen molar-refractivity contribution in [1.29, 1.82) is 0 Å². The fourth-order valence-electron chi connectivity index (χ4n) is 2.80. The molecule has 128 valence electrons. The highest BCUT2D eigenvalue weighted by Crippen LogP contribution is 2.31. The summed E-state index contributed by atoms with van der Waals surface area (Å²) in [6, 6.07) is 14.4. The van der Waals surface area contributed by atoms with Gasteiger partial charge in [-0.15, -0.1) is 0 Å². The van der Waals surface area contributed by atoms with Crippen molar-refractivity contribution in [2.75, 3.05) is 15.8 Å². The Bertz CT molecular complexity index is 926. The number of halogens is 1. The molecule has 0 bridgehead atoms. The first-order chi connectivity index (χ1) is 11.3. The highest BCUT2D eigenvalue weighted by molar-refractivity contribution is 9.10. The van der Waals surface area contributed by atoms with Gasteiger partial charge in [0.25, 0.3) is 10.0 Å². The summed E-state index contributed by atoms with van der Waals surface area (Å²) in [5.41, 5.74) is 0.475. The number of hydrogen-bond donors (Lipinski definition) is 0. The van der Waals surface area contributed by atoms with Gasteiger partial charge in [-0.2, -0.15) is 0 Å². The molecule has 1 heterocycles. The lowest BCUT2D eigenvalue weighted by atomic mass is 10.2. The molecule has 0 aromatic heterocycles. The van der Waals surface area contributed by atoms with E-state index < -0.39 is 25.9 Å². The third kappa shape index (κ3) is 3.50. The van der Waals surface area contributed by atoms with Gasteiger partial charge in [0.2, 0.25) is 0 Å². The lowest BCUT2D eigenvalue weighted by molar-refractivity contribution is 0.580. The lowest BCUT2D eigenvalue weighted by Gasteiger charge is -2.29. The van der Waals surface area contributed by atoms with Gasteiger partial charge < -0.3 is 0 Å². The van der Waals surface area contributed by atoms with Crippen LogP contribution in [-0.2, 0) is 19.9 Å². The molecule has 1 atom stereocenters. The Hall–Kier alpha value is -1.38. The molecule has 1 aliphatic rings. The molecule has 0 N–H and O–H groups in total. The van der Waals surface area contributed by atoms with Gasteiger partial charge in [-0.3, -0.25) is 4.31 Å². The maximum atomic E-state index is 13.2. The van der Waals surface area contributed by atoms with Gasteiger partial charge in [0.15, 0.2) is 9.84 Å². The van der Waals surface area contributed by atoms with Crippen molar-refractivity contribution in [3.8, 4) is 0 Å².